The van der Waals surface area contributed by atoms with Crippen LogP contribution in [0.15, 0.2) is 35.3 Å². The number of rotatable bonds is 18. The molecule has 0 aliphatic rings. The van der Waals surface area contributed by atoms with Crippen LogP contribution >= 0.6 is 0 Å². The Hall–Kier alpha value is -4.69. The average Bonchev–Trinajstić information content (AvgIpc) is 2.93. The molecule has 0 aliphatic carbocycles. The van der Waals surface area contributed by atoms with Gasteiger partial charge >= 0.3 is 11.9 Å². The Labute approximate surface area is 237 Å². The molecule has 41 heavy (non-hydrogen) atoms. The molecular formula is C26H39N7O8. The SMILES string of the molecule is CCC(C)C(NC(=O)c1ccccc1)C(=O)NC(CCC(=O)O)C(=O)NCC(=O)NC(CCCN=C(N)N)C(=O)O. The highest BCUT2D eigenvalue weighted by molar-refractivity contribution is 5.98. The van der Waals surface area contributed by atoms with E-state index in [9.17, 15) is 33.9 Å². The van der Waals surface area contributed by atoms with Crippen molar-refractivity contribution in [2.24, 2.45) is 22.4 Å². The van der Waals surface area contributed by atoms with E-state index in [2.05, 4.69) is 26.3 Å². The molecule has 4 unspecified atom stereocenters. The minimum Gasteiger partial charge on any atom is -0.481 e. The summed E-state index contributed by atoms with van der Waals surface area (Å²) in [6, 6.07) is 4.58. The summed E-state index contributed by atoms with van der Waals surface area (Å²) in [4.78, 5) is 77.4. The van der Waals surface area contributed by atoms with Gasteiger partial charge < -0.3 is 42.9 Å². The number of carbonyl (C=O) groups excluding carboxylic acids is 4. The van der Waals surface area contributed by atoms with Gasteiger partial charge in [-0.15, -0.1) is 0 Å². The molecule has 0 saturated heterocycles. The monoisotopic (exact) mass is 577 g/mol. The van der Waals surface area contributed by atoms with Crippen LogP contribution in [0.3, 0.4) is 0 Å². The number of amides is 4. The van der Waals surface area contributed by atoms with Crippen molar-refractivity contribution in [2.45, 2.75) is 64.1 Å². The Morgan fingerprint density at radius 3 is 2.12 bits per heavy atom. The predicted octanol–water partition coefficient (Wildman–Crippen LogP) is -1.08. The summed E-state index contributed by atoms with van der Waals surface area (Å²) in [5.74, 6) is -5.87. The Kier molecular flexibility index (Phi) is 14.9. The highest BCUT2D eigenvalue weighted by Gasteiger charge is 2.31. The first kappa shape index (κ1) is 34.3. The van der Waals surface area contributed by atoms with Crippen LogP contribution in [0.1, 0.15) is 56.3 Å². The first-order chi connectivity index (χ1) is 19.3. The second-order valence-electron chi connectivity index (χ2n) is 9.32. The molecule has 4 atom stereocenters. The number of nitrogens with one attached hydrogen (secondary N) is 4. The first-order valence-corrected chi connectivity index (χ1v) is 13.1. The van der Waals surface area contributed by atoms with Gasteiger partial charge in [0.1, 0.15) is 18.1 Å². The van der Waals surface area contributed by atoms with Crippen molar-refractivity contribution in [1.29, 1.82) is 0 Å². The third-order valence-corrected chi connectivity index (χ3v) is 6.10. The van der Waals surface area contributed by atoms with Crippen LogP contribution in [0.5, 0.6) is 0 Å². The number of benzene rings is 1. The van der Waals surface area contributed by atoms with E-state index in [0.717, 1.165) is 0 Å². The smallest absolute Gasteiger partial charge is 0.326 e. The molecule has 4 amide bonds. The van der Waals surface area contributed by atoms with Gasteiger partial charge in [0.15, 0.2) is 5.96 Å². The summed E-state index contributed by atoms with van der Waals surface area (Å²) in [7, 11) is 0. The number of hydrogen-bond acceptors (Lipinski definition) is 7. The maximum atomic E-state index is 13.2. The summed E-state index contributed by atoms with van der Waals surface area (Å²) < 4.78 is 0. The third kappa shape index (κ3) is 13.3. The van der Waals surface area contributed by atoms with E-state index < -0.39 is 66.7 Å². The maximum absolute atomic E-state index is 13.2. The lowest BCUT2D eigenvalue weighted by molar-refractivity contribution is -0.142. The molecule has 1 aromatic rings. The lowest BCUT2D eigenvalue weighted by Gasteiger charge is -2.26. The zero-order valence-electron chi connectivity index (χ0n) is 23.1. The Balaban J connectivity index is 2.87. The molecular weight excluding hydrogens is 538 g/mol. The number of aliphatic carboxylic acids is 2. The fourth-order valence-electron chi connectivity index (χ4n) is 3.61. The fourth-order valence-corrected chi connectivity index (χ4v) is 3.61. The molecule has 1 aromatic carbocycles. The normalized spacial score (nSPS) is 13.4. The number of carboxylic acids is 2. The molecule has 0 spiro atoms. The van der Waals surface area contributed by atoms with E-state index in [4.69, 9.17) is 16.6 Å². The zero-order valence-corrected chi connectivity index (χ0v) is 23.1. The van der Waals surface area contributed by atoms with E-state index >= 15 is 0 Å². The molecule has 0 saturated carbocycles. The molecule has 0 heterocycles. The summed E-state index contributed by atoms with van der Waals surface area (Å²) in [5, 5.41) is 28.2. The Bertz CT molecular complexity index is 1090. The quantitative estimate of drug-likeness (QED) is 0.0594. The number of nitrogens with zero attached hydrogens (tertiary/aromatic N) is 1. The summed E-state index contributed by atoms with van der Waals surface area (Å²) >= 11 is 0. The van der Waals surface area contributed by atoms with Gasteiger partial charge in [0.25, 0.3) is 5.91 Å². The topological polar surface area (TPSA) is 255 Å². The number of hydrogen-bond donors (Lipinski definition) is 8. The zero-order chi connectivity index (χ0) is 30.9. The minimum absolute atomic E-state index is 0.0226. The summed E-state index contributed by atoms with van der Waals surface area (Å²) in [6.07, 6.45) is 0.0382. The van der Waals surface area contributed by atoms with Crippen LogP contribution in [0.25, 0.3) is 0 Å². The average molecular weight is 578 g/mol. The Morgan fingerprint density at radius 1 is 0.902 bits per heavy atom. The number of nitrogens with two attached hydrogens (primary N) is 2. The molecule has 10 N–H and O–H groups in total. The molecule has 0 aromatic heterocycles. The van der Waals surface area contributed by atoms with Gasteiger partial charge in [0, 0.05) is 18.5 Å². The van der Waals surface area contributed by atoms with E-state index in [0.29, 0.717) is 12.0 Å². The number of carboxylic acid groups (broad SMARTS) is 2. The molecule has 15 nitrogen and oxygen atoms in total. The largest absolute Gasteiger partial charge is 0.481 e. The molecule has 0 radical (unpaired) electrons. The van der Waals surface area contributed by atoms with Crippen molar-refractivity contribution < 1.29 is 39.0 Å². The third-order valence-electron chi connectivity index (χ3n) is 6.10. The second kappa shape index (κ2) is 17.8. The van der Waals surface area contributed by atoms with Gasteiger partial charge in [-0.05, 0) is 37.3 Å². The van der Waals surface area contributed by atoms with Gasteiger partial charge in [-0.2, -0.15) is 0 Å². The highest BCUT2D eigenvalue weighted by atomic mass is 16.4. The van der Waals surface area contributed by atoms with Crippen LogP contribution in [-0.4, -0.2) is 83.0 Å². The van der Waals surface area contributed by atoms with Crippen molar-refractivity contribution in [2.75, 3.05) is 13.1 Å². The van der Waals surface area contributed by atoms with Crippen molar-refractivity contribution in [1.82, 2.24) is 21.3 Å². The fraction of sp³-hybridized carbons (Fsp3) is 0.500. The lowest BCUT2D eigenvalue weighted by Crippen LogP contribution is -2.56. The van der Waals surface area contributed by atoms with Crippen molar-refractivity contribution in [3.63, 3.8) is 0 Å². The van der Waals surface area contributed by atoms with Gasteiger partial charge in [-0.25, -0.2) is 4.79 Å². The van der Waals surface area contributed by atoms with Gasteiger partial charge in [-0.1, -0.05) is 38.5 Å². The molecule has 226 valence electrons. The maximum Gasteiger partial charge on any atom is 0.326 e. The minimum atomic E-state index is -1.35. The molecule has 15 heteroatoms. The van der Waals surface area contributed by atoms with Crippen LogP contribution < -0.4 is 32.7 Å². The van der Waals surface area contributed by atoms with Crippen LogP contribution in [0.2, 0.25) is 0 Å². The van der Waals surface area contributed by atoms with Gasteiger partial charge in [0.05, 0.1) is 6.54 Å². The van der Waals surface area contributed by atoms with Crippen LogP contribution in [0.4, 0.5) is 0 Å². The van der Waals surface area contributed by atoms with Crippen molar-refractivity contribution in [3.05, 3.63) is 35.9 Å². The second-order valence-corrected chi connectivity index (χ2v) is 9.32. The van der Waals surface area contributed by atoms with Crippen molar-refractivity contribution in [3.8, 4) is 0 Å². The van der Waals surface area contributed by atoms with Crippen LogP contribution in [-0.2, 0) is 24.0 Å². The van der Waals surface area contributed by atoms with E-state index in [1.54, 1.807) is 37.3 Å². The molecule has 0 fully saturated rings. The number of guanidine groups is 1. The van der Waals surface area contributed by atoms with E-state index in [1.165, 1.54) is 0 Å². The van der Waals surface area contributed by atoms with E-state index in [-0.39, 0.29) is 37.7 Å². The van der Waals surface area contributed by atoms with Gasteiger partial charge in [0.2, 0.25) is 17.7 Å². The van der Waals surface area contributed by atoms with Crippen molar-refractivity contribution >= 4 is 41.5 Å². The van der Waals surface area contributed by atoms with Crippen LogP contribution in [0, 0.1) is 5.92 Å². The predicted molar refractivity (Wildman–Crippen MR) is 148 cm³/mol. The number of carbonyl (C=O) groups is 6. The first-order valence-electron chi connectivity index (χ1n) is 13.1. The summed E-state index contributed by atoms with van der Waals surface area (Å²) in [6.45, 7) is 3.09. The van der Waals surface area contributed by atoms with E-state index in [1.807, 2.05) is 6.92 Å². The Morgan fingerprint density at radius 2 is 1.56 bits per heavy atom. The molecule has 1 rings (SSSR count). The lowest BCUT2D eigenvalue weighted by atomic mass is 9.97. The van der Waals surface area contributed by atoms with Gasteiger partial charge in [-0.3, -0.25) is 29.0 Å². The number of aliphatic imine (C=N–C) groups is 1. The highest BCUT2D eigenvalue weighted by Crippen LogP contribution is 2.11. The molecule has 0 aliphatic heterocycles. The molecule has 0 bridgehead atoms. The standard InChI is InChI=1S/C26H39N7O8/c1-3-15(2)21(33-22(37)16-8-5-4-6-9-16)24(39)32-17(11-12-20(35)36)23(38)30-14-19(34)31-18(25(40)41)10-7-13-29-26(27)28/h4-6,8-9,15,17-18,21H,3,7,10-14H2,1-2H3,(H,30,38)(H,31,34)(H,32,39)(H,33,37)(H,35,36)(H,40,41)(H4,27,28,29). The summed E-state index contributed by atoms with van der Waals surface area (Å²) in [5.41, 5.74) is 10.8.